The average molecular weight is 278 g/mol. The second-order valence-corrected chi connectivity index (χ2v) is 4.56. The molecule has 2 N–H and O–H groups in total. The SMILES string of the molecule is Cc1csc(NN=Cc2cc(O)cc([N+](=O)[O-])c2)n1. The highest BCUT2D eigenvalue weighted by atomic mass is 32.1. The van der Waals surface area contributed by atoms with E-state index in [2.05, 4.69) is 15.5 Å². The predicted molar refractivity (Wildman–Crippen MR) is 72.8 cm³/mol. The minimum atomic E-state index is -0.575. The Bertz CT molecular complexity index is 639. The van der Waals surface area contributed by atoms with Gasteiger partial charge in [0.15, 0.2) is 0 Å². The first kappa shape index (κ1) is 13.0. The molecule has 0 saturated carbocycles. The zero-order valence-corrected chi connectivity index (χ0v) is 10.7. The summed E-state index contributed by atoms with van der Waals surface area (Å²) in [6.07, 6.45) is 1.38. The van der Waals surface area contributed by atoms with Gasteiger partial charge in [0.1, 0.15) is 5.75 Å². The van der Waals surface area contributed by atoms with E-state index in [1.807, 2.05) is 12.3 Å². The Morgan fingerprint density at radius 3 is 2.95 bits per heavy atom. The topological polar surface area (TPSA) is 101 Å². The number of rotatable bonds is 4. The third kappa shape index (κ3) is 3.49. The molecule has 0 fully saturated rings. The molecule has 1 heterocycles. The van der Waals surface area contributed by atoms with E-state index in [9.17, 15) is 15.2 Å². The standard InChI is InChI=1S/C11H10N4O3S/c1-7-6-19-11(13-7)14-12-5-8-2-9(15(17)18)4-10(16)3-8/h2-6,16H,1H3,(H,13,14). The van der Waals surface area contributed by atoms with E-state index in [0.29, 0.717) is 10.7 Å². The van der Waals surface area contributed by atoms with Gasteiger partial charge in [-0.3, -0.25) is 15.5 Å². The van der Waals surface area contributed by atoms with Crippen molar-refractivity contribution in [2.45, 2.75) is 6.92 Å². The highest BCUT2D eigenvalue weighted by Crippen LogP contribution is 2.20. The number of thiazole rings is 1. The summed E-state index contributed by atoms with van der Waals surface area (Å²) in [5.41, 5.74) is 3.83. The van der Waals surface area contributed by atoms with E-state index in [1.165, 1.54) is 29.7 Å². The lowest BCUT2D eigenvalue weighted by atomic mass is 10.2. The molecule has 7 nitrogen and oxygen atoms in total. The Morgan fingerprint density at radius 1 is 1.53 bits per heavy atom. The van der Waals surface area contributed by atoms with Crippen LogP contribution in [0.15, 0.2) is 28.7 Å². The van der Waals surface area contributed by atoms with Gasteiger partial charge in [0.05, 0.1) is 22.9 Å². The number of hydrogen-bond acceptors (Lipinski definition) is 7. The summed E-state index contributed by atoms with van der Waals surface area (Å²) in [7, 11) is 0. The third-order valence-electron chi connectivity index (χ3n) is 2.13. The number of phenols is 1. The molecular formula is C11H10N4O3S. The molecule has 0 radical (unpaired) electrons. The number of nitro groups is 1. The van der Waals surface area contributed by atoms with Crippen LogP contribution in [0, 0.1) is 17.0 Å². The molecule has 8 heteroatoms. The molecule has 2 rings (SSSR count). The Labute approximate surface area is 112 Å². The first-order chi connectivity index (χ1) is 9.04. The van der Waals surface area contributed by atoms with E-state index < -0.39 is 4.92 Å². The van der Waals surface area contributed by atoms with Crippen LogP contribution in [0.5, 0.6) is 5.75 Å². The molecule has 0 atom stereocenters. The number of anilines is 1. The van der Waals surface area contributed by atoms with Crippen molar-refractivity contribution < 1.29 is 10.0 Å². The molecule has 0 aliphatic heterocycles. The van der Waals surface area contributed by atoms with Crippen molar-refractivity contribution in [1.29, 1.82) is 0 Å². The van der Waals surface area contributed by atoms with Crippen molar-refractivity contribution in [1.82, 2.24) is 4.98 Å². The fraction of sp³-hybridized carbons (Fsp3) is 0.0909. The fourth-order valence-corrected chi connectivity index (χ4v) is 2.00. The van der Waals surface area contributed by atoms with Crippen LogP contribution in [0.1, 0.15) is 11.3 Å². The molecule has 0 aliphatic rings. The summed E-state index contributed by atoms with van der Waals surface area (Å²) >= 11 is 1.40. The maximum Gasteiger partial charge on any atom is 0.273 e. The number of phenolic OH excluding ortho intramolecular Hbond substituents is 1. The minimum absolute atomic E-state index is 0.180. The fourth-order valence-electron chi connectivity index (χ4n) is 1.37. The lowest BCUT2D eigenvalue weighted by Gasteiger charge is -1.97. The number of aromatic hydroxyl groups is 1. The van der Waals surface area contributed by atoms with Gasteiger partial charge in [0.25, 0.3) is 5.69 Å². The van der Waals surface area contributed by atoms with Gasteiger partial charge in [0.2, 0.25) is 5.13 Å². The van der Waals surface area contributed by atoms with Gasteiger partial charge < -0.3 is 5.11 Å². The van der Waals surface area contributed by atoms with Crippen LogP contribution in [-0.4, -0.2) is 21.2 Å². The van der Waals surface area contributed by atoms with E-state index in [0.717, 1.165) is 11.8 Å². The lowest BCUT2D eigenvalue weighted by Crippen LogP contribution is -1.93. The van der Waals surface area contributed by atoms with Crippen molar-refractivity contribution in [2.75, 3.05) is 5.43 Å². The molecule has 1 aromatic heterocycles. The van der Waals surface area contributed by atoms with Crippen LogP contribution in [0.25, 0.3) is 0 Å². The Morgan fingerprint density at radius 2 is 2.32 bits per heavy atom. The van der Waals surface area contributed by atoms with Gasteiger partial charge in [-0.15, -0.1) is 11.3 Å². The van der Waals surface area contributed by atoms with Gasteiger partial charge in [-0.1, -0.05) is 0 Å². The number of non-ortho nitro benzene ring substituents is 1. The maximum absolute atomic E-state index is 10.6. The number of aryl methyl sites for hydroxylation is 1. The highest BCUT2D eigenvalue weighted by Gasteiger charge is 2.08. The Hall–Kier alpha value is -2.48. The Kier molecular flexibility index (Phi) is 3.71. The summed E-state index contributed by atoms with van der Waals surface area (Å²) in [4.78, 5) is 14.2. The van der Waals surface area contributed by atoms with E-state index in [-0.39, 0.29) is 11.4 Å². The number of nitrogens with one attached hydrogen (secondary N) is 1. The molecule has 2 aromatic rings. The third-order valence-corrected chi connectivity index (χ3v) is 2.99. The van der Waals surface area contributed by atoms with Gasteiger partial charge in [0, 0.05) is 17.0 Å². The Balaban J connectivity index is 2.12. The summed E-state index contributed by atoms with van der Waals surface area (Å²) in [6, 6.07) is 3.78. The molecule has 98 valence electrons. The van der Waals surface area contributed by atoms with Crippen LogP contribution in [0.2, 0.25) is 0 Å². The molecule has 0 aliphatic carbocycles. The number of hydrogen-bond donors (Lipinski definition) is 2. The molecule has 1 aromatic carbocycles. The molecule has 0 saturated heterocycles. The monoisotopic (exact) mass is 278 g/mol. The normalized spacial score (nSPS) is 10.8. The zero-order valence-electron chi connectivity index (χ0n) is 9.90. The van der Waals surface area contributed by atoms with Crippen LogP contribution in [0.4, 0.5) is 10.8 Å². The van der Waals surface area contributed by atoms with Crippen LogP contribution < -0.4 is 5.43 Å². The average Bonchev–Trinajstić information content (AvgIpc) is 2.74. The quantitative estimate of drug-likeness (QED) is 0.508. The molecule has 0 unspecified atom stereocenters. The van der Waals surface area contributed by atoms with Crippen molar-refractivity contribution >= 4 is 28.4 Å². The molecular weight excluding hydrogens is 268 g/mol. The summed E-state index contributed by atoms with van der Waals surface area (Å²) in [6.45, 7) is 1.87. The number of nitro benzene ring substituents is 1. The van der Waals surface area contributed by atoms with Crippen LogP contribution >= 0.6 is 11.3 Å². The zero-order chi connectivity index (χ0) is 13.8. The maximum atomic E-state index is 10.6. The number of nitrogens with zero attached hydrogens (tertiary/aromatic N) is 3. The van der Waals surface area contributed by atoms with Gasteiger partial charge >= 0.3 is 0 Å². The van der Waals surface area contributed by atoms with Gasteiger partial charge in [-0.25, -0.2) is 4.98 Å². The largest absolute Gasteiger partial charge is 0.508 e. The van der Waals surface area contributed by atoms with Crippen molar-refractivity contribution in [3.63, 3.8) is 0 Å². The lowest BCUT2D eigenvalue weighted by molar-refractivity contribution is -0.384. The molecule has 0 spiro atoms. The first-order valence-electron chi connectivity index (χ1n) is 5.24. The van der Waals surface area contributed by atoms with E-state index >= 15 is 0 Å². The highest BCUT2D eigenvalue weighted by molar-refractivity contribution is 7.13. The second-order valence-electron chi connectivity index (χ2n) is 3.70. The molecule has 19 heavy (non-hydrogen) atoms. The number of benzene rings is 1. The molecule has 0 amide bonds. The van der Waals surface area contributed by atoms with E-state index in [4.69, 9.17) is 0 Å². The second kappa shape index (κ2) is 5.44. The summed E-state index contributed by atoms with van der Waals surface area (Å²) in [5, 5.41) is 26.4. The van der Waals surface area contributed by atoms with Crippen molar-refractivity contribution in [3.05, 3.63) is 45.0 Å². The van der Waals surface area contributed by atoms with Gasteiger partial charge in [-0.05, 0) is 13.0 Å². The van der Waals surface area contributed by atoms with Crippen LogP contribution in [-0.2, 0) is 0 Å². The smallest absolute Gasteiger partial charge is 0.273 e. The van der Waals surface area contributed by atoms with Gasteiger partial charge in [-0.2, -0.15) is 5.10 Å². The summed E-state index contributed by atoms with van der Waals surface area (Å²) in [5.74, 6) is -0.180. The minimum Gasteiger partial charge on any atom is -0.508 e. The number of aromatic nitrogens is 1. The summed E-state index contributed by atoms with van der Waals surface area (Å²) < 4.78 is 0. The van der Waals surface area contributed by atoms with Crippen LogP contribution in [0.3, 0.4) is 0 Å². The van der Waals surface area contributed by atoms with E-state index in [1.54, 1.807) is 0 Å². The number of hydrazone groups is 1. The van der Waals surface area contributed by atoms with Crippen molar-refractivity contribution in [3.8, 4) is 5.75 Å². The van der Waals surface area contributed by atoms with Crippen molar-refractivity contribution in [2.24, 2.45) is 5.10 Å². The first-order valence-corrected chi connectivity index (χ1v) is 6.12. The predicted octanol–water partition coefficient (Wildman–Crippen LogP) is 2.51. The molecule has 0 bridgehead atoms.